The lowest BCUT2D eigenvalue weighted by Crippen LogP contribution is -2.32. The maximum Gasteiger partial charge on any atom is 0.304 e. The van der Waals surface area contributed by atoms with Gasteiger partial charge in [-0.15, -0.1) is 0 Å². The average molecular weight is 281 g/mol. The van der Waals surface area contributed by atoms with Crippen LogP contribution in [0, 0.1) is 0 Å². The Morgan fingerprint density at radius 2 is 2.10 bits per heavy atom. The number of para-hydroxylation sites is 1. The van der Waals surface area contributed by atoms with Gasteiger partial charge in [0.2, 0.25) is 0 Å². The highest BCUT2D eigenvalue weighted by molar-refractivity contribution is 5.66. The van der Waals surface area contributed by atoms with Gasteiger partial charge < -0.3 is 14.9 Å². The van der Waals surface area contributed by atoms with Gasteiger partial charge in [0.1, 0.15) is 0 Å². The van der Waals surface area contributed by atoms with E-state index in [-0.39, 0.29) is 18.2 Å². The van der Waals surface area contributed by atoms with Crippen molar-refractivity contribution in [2.45, 2.75) is 39.8 Å². The summed E-state index contributed by atoms with van der Waals surface area (Å²) >= 11 is 0. The number of benzene rings is 1. The van der Waals surface area contributed by atoms with Gasteiger partial charge in [-0.1, -0.05) is 12.1 Å². The molecule has 5 nitrogen and oxygen atoms in total. The molecule has 0 aliphatic carbocycles. The second-order valence-electron chi connectivity index (χ2n) is 4.90. The minimum absolute atomic E-state index is 0.0874. The Kier molecular flexibility index (Phi) is 6.31. The standard InChI is InChI=1S/C15H23NO4/c1-4-20-13-7-5-6-12(15(13)19)10-16(11(2)3)9-8-14(17)18/h5-7,11,19H,4,8-10H2,1-3H3,(H,17,18). The van der Waals surface area contributed by atoms with Gasteiger partial charge in [-0.05, 0) is 26.8 Å². The van der Waals surface area contributed by atoms with E-state index in [0.717, 1.165) is 5.56 Å². The molecule has 1 aromatic rings. The Bertz CT molecular complexity index is 445. The zero-order valence-electron chi connectivity index (χ0n) is 12.3. The first-order chi connectivity index (χ1) is 9.45. The summed E-state index contributed by atoms with van der Waals surface area (Å²) in [7, 11) is 0. The topological polar surface area (TPSA) is 70.0 Å². The zero-order chi connectivity index (χ0) is 15.1. The predicted molar refractivity (Wildman–Crippen MR) is 77.1 cm³/mol. The molecular formula is C15H23NO4. The SMILES string of the molecule is CCOc1cccc(CN(CCC(=O)O)C(C)C)c1O. The van der Waals surface area contributed by atoms with Crippen LogP contribution in [-0.2, 0) is 11.3 Å². The number of carbonyl (C=O) groups is 1. The van der Waals surface area contributed by atoms with Crippen LogP contribution in [0.4, 0.5) is 0 Å². The monoisotopic (exact) mass is 281 g/mol. The second-order valence-corrected chi connectivity index (χ2v) is 4.90. The molecule has 0 saturated carbocycles. The first-order valence-corrected chi connectivity index (χ1v) is 6.85. The van der Waals surface area contributed by atoms with E-state index in [1.54, 1.807) is 6.07 Å². The third-order valence-electron chi connectivity index (χ3n) is 3.10. The van der Waals surface area contributed by atoms with Crippen molar-refractivity contribution in [3.8, 4) is 11.5 Å². The summed E-state index contributed by atoms with van der Waals surface area (Å²) in [5.41, 5.74) is 0.745. The number of aliphatic carboxylic acids is 1. The summed E-state index contributed by atoms with van der Waals surface area (Å²) in [6.07, 6.45) is 0.0874. The summed E-state index contributed by atoms with van der Waals surface area (Å²) < 4.78 is 5.35. The van der Waals surface area contributed by atoms with Crippen molar-refractivity contribution in [3.05, 3.63) is 23.8 Å². The van der Waals surface area contributed by atoms with Crippen LogP contribution in [0.2, 0.25) is 0 Å². The molecule has 0 atom stereocenters. The molecule has 2 N–H and O–H groups in total. The summed E-state index contributed by atoms with van der Waals surface area (Å²) in [5.74, 6) is -0.217. The van der Waals surface area contributed by atoms with Crippen LogP contribution in [0.1, 0.15) is 32.8 Å². The Hall–Kier alpha value is -1.75. The van der Waals surface area contributed by atoms with E-state index in [4.69, 9.17) is 9.84 Å². The third kappa shape index (κ3) is 4.74. The predicted octanol–water partition coefficient (Wildman–Crippen LogP) is 2.48. The molecule has 0 bridgehead atoms. The van der Waals surface area contributed by atoms with Crippen LogP contribution >= 0.6 is 0 Å². The van der Waals surface area contributed by atoms with Gasteiger partial charge in [0.05, 0.1) is 13.0 Å². The van der Waals surface area contributed by atoms with Gasteiger partial charge in [-0.3, -0.25) is 9.69 Å². The molecule has 0 saturated heterocycles. The van der Waals surface area contributed by atoms with E-state index in [9.17, 15) is 9.90 Å². The number of carboxylic acid groups (broad SMARTS) is 1. The van der Waals surface area contributed by atoms with Crippen molar-refractivity contribution < 1.29 is 19.7 Å². The smallest absolute Gasteiger partial charge is 0.304 e. The lowest BCUT2D eigenvalue weighted by Gasteiger charge is -2.26. The molecule has 5 heteroatoms. The van der Waals surface area contributed by atoms with E-state index in [2.05, 4.69) is 0 Å². The average Bonchev–Trinajstić information content (AvgIpc) is 2.38. The van der Waals surface area contributed by atoms with Crippen molar-refractivity contribution >= 4 is 5.97 Å². The number of nitrogens with zero attached hydrogens (tertiary/aromatic N) is 1. The molecule has 0 amide bonds. The molecule has 0 fully saturated rings. The molecule has 0 aliphatic rings. The summed E-state index contributed by atoms with van der Waals surface area (Å²) in [4.78, 5) is 12.7. The van der Waals surface area contributed by atoms with Gasteiger partial charge in [0, 0.05) is 24.7 Å². The number of phenolic OH excluding ortho intramolecular Hbond substituents is 1. The van der Waals surface area contributed by atoms with Crippen molar-refractivity contribution in [2.24, 2.45) is 0 Å². The van der Waals surface area contributed by atoms with Crippen LogP contribution in [-0.4, -0.2) is 40.3 Å². The van der Waals surface area contributed by atoms with Crippen molar-refractivity contribution in [3.63, 3.8) is 0 Å². The highest BCUT2D eigenvalue weighted by Crippen LogP contribution is 2.30. The summed E-state index contributed by atoms with van der Waals surface area (Å²) in [6.45, 7) is 7.31. The lowest BCUT2D eigenvalue weighted by molar-refractivity contribution is -0.137. The van der Waals surface area contributed by atoms with Gasteiger partial charge in [0.15, 0.2) is 11.5 Å². The van der Waals surface area contributed by atoms with E-state index < -0.39 is 5.97 Å². The maximum absolute atomic E-state index is 10.7. The zero-order valence-corrected chi connectivity index (χ0v) is 12.3. The van der Waals surface area contributed by atoms with Gasteiger partial charge in [-0.25, -0.2) is 0 Å². The maximum atomic E-state index is 10.7. The first kappa shape index (κ1) is 16.3. The van der Waals surface area contributed by atoms with Crippen molar-refractivity contribution in [1.29, 1.82) is 0 Å². The van der Waals surface area contributed by atoms with E-state index >= 15 is 0 Å². The number of hydrogen-bond acceptors (Lipinski definition) is 4. The molecule has 0 radical (unpaired) electrons. The molecule has 0 aliphatic heterocycles. The number of ether oxygens (including phenoxy) is 1. The highest BCUT2D eigenvalue weighted by atomic mass is 16.5. The lowest BCUT2D eigenvalue weighted by atomic mass is 10.1. The van der Waals surface area contributed by atoms with E-state index in [1.807, 2.05) is 37.8 Å². The third-order valence-corrected chi connectivity index (χ3v) is 3.10. The van der Waals surface area contributed by atoms with E-state index in [1.165, 1.54) is 0 Å². The molecule has 0 spiro atoms. The number of rotatable bonds is 8. The van der Waals surface area contributed by atoms with Crippen LogP contribution in [0.15, 0.2) is 18.2 Å². The normalized spacial score (nSPS) is 11.1. The summed E-state index contributed by atoms with van der Waals surface area (Å²) in [5, 5.41) is 18.9. The first-order valence-electron chi connectivity index (χ1n) is 6.85. The molecule has 1 aromatic carbocycles. The summed E-state index contributed by atoms with van der Waals surface area (Å²) in [6, 6.07) is 5.58. The molecule has 20 heavy (non-hydrogen) atoms. The molecule has 112 valence electrons. The fourth-order valence-corrected chi connectivity index (χ4v) is 1.95. The molecular weight excluding hydrogens is 258 g/mol. The number of phenols is 1. The van der Waals surface area contributed by atoms with E-state index in [0.29, 0.717) is 25.4 Å². The Labute approximate surface area is 119 Å². The minimum atomic E-state index is -0.817. The minimum Gasteiger partial charge on any atom is -0.504 e. The van der Waals surface area contributed by atoms with Gasteiger partial charge in [-0.2, -0.15) is 0 Å². The highest BCUT2D eigenvalue weighted by Gasteiger charge is 2.15. The Morgan fingerprint density at radius 1 is 1.40 bits per heavy atom. The van der Waals surface area contributed by atoms with Crippen LogP contribution in [0.5, 0.6) is 11.5 Å². The van der Waals surface area contributed by atoms with Crippen LogP contribution in [0.25, 0.3) is 0 Å². The van der Waals surface area contributed by atoms with Crippen molar-refractivity contribution in [2.75, 3.05) is 13.2 Å². The Balaban J connectivity index is 2.82. The van der Waals surface area contributed by atoms with Gasteiger partial charge >= 0.3 is 5.97 Å². The fraction of sp³-hybridized carbons (Fsp3) is 0.533. The quantitative estimate of drug-likeness (QED) is 0.766. The van der Waals surface area contributed by atoms with Crippen LogP contribution in [0.3, 0.4) is 0 Å². The van der Waals surface area contributed by atoms with Gasteiger partial charge in [0.25, 0.3) is 0 Å². The largest absolute Gasteiger partial charge is 0.504 e. The molecule has 1 rings (SSSR count). The molecule has 0 heterocycles. The number of aromatic hydroxyl groups is 1. The molecule has 0 unspecified atom stereocenters. The Morgan fingerprint density at radius 3 is 2.65 bits per heavy atom. The molecule has 0 aromatic heterocycles. The number of hydrogen-bond donors (Lipinski definition) is 2. The number of carboxylic acids is 1. The van der Waals surface area contributed by atoms with Crippen molar-refractivity contribution in [1.82, 2.24) is 4.90 Å². The second kappa shape index (κ2) is 7.75. The fourth-order valence-electron chi connectivity index (χ4n) is 1.95. The van der Waals surface area contributed by atoms with Crippen LogP contribution < -0.4 is 4.74 Å².